The van der Waals surface area contributed by atoms with Crippen molar-refractivity contribution in [2.75, 3.05) is 7.11 Å². The fourth-order valence-electron chi connectivity index (χ4n) is 2.35. The summed E-state index contributed by atoms with van der Waals surface area (Å²) in [5.41, 5.74) is 0.301. The molecule has 7 nitrogen and oxygen atoms in total. The Morgan fingerprint density at radius 3 is 2.57 bits per heavy atom. The SMILES string of the molecule is COC1CC(NC(=O)c2cc(S(N)(=O)=O)cn2C(C)C)C1. The van der Waals surface area contributed by atoms with Crippen LogP contribution in [0.15, 0.2) is 17.2 Å². The summed E-state index contributed by atoms with van der Waals surface area (Å²) in [5, 5.41) is 8.01. The number of carbonyl (C=O) groups excluding carboxylic acids is 1. The van der Waals surface area contributed by atoms with Gasteiger partial charge in [-0.15, -0.1) is 0 Å². The number of hydrogen-bond acceptors (Lipinski definition) is 4. The number of aromatic nitrogens is 1. The molecule has 0 unspecified atom stereocenters. The van der Waals surface area contributed by atoms with Gasteiger partial charge >= 0.3 is 0 Å². The first-order valence-electron chi connectivity index (χ1n) is 6.80. The third kappa shape index (κ3) is 3.45. The lowest BCUT2D eigenvalue weighted by Gasteiger charge is -2.34. The molecule has 1 aliphatic carbocycles. The molecule has 0 radical (unpaired) electrons. The quantitative estimate of drug-likeness (QED) is 0.831. The van der Waals surface area contributed by atoms with Gasteiger partial charge in [0.15, 0.2) is 0 Å². The second-order valence-electron chi connectivity index (χ2n) is 5.61. The van der Waals surface area contributed by atoms with E-state index in [-0.39, 0.29) is 29.0 Å². The highest BCUT2D eigenvalue weighted by atomic mass is 32.2. The van der Waals surface area contributed by atoms with Gasteiger partial charge in [-0.25, -0.2) is 13.6 Å². The minimum atomic E-state index is -3.83. The van der Waals surface area contributed by atoms with Crippen LogP contribution in [0.5, 0.6) is 0 Å². The van der Waals surface area contributed by atoms with Gasteiger partial charge in [0.1, 0.15) is 10.6 Å². The molecule has 0 atom stereocenters. The van der Waals surface area contributed by atoms with E-state index in [1.165, 1.54) is 12.3 Å². The molecular weight excluding hydrogens is 294 g/mol. The summed E-state index contributed by atoms with van der Waals surface area (Å²) < 4.78 is 29.6. The van der Waals surface area contributed by atoms with E-state index in [9.17, 15) is 13.2 Å². The molecule has 1 fully saturated rings. The number of nitrogens with two attached hydrogens (primary N) is 1. The van der Waals surface area contributed by atoms with Crippen LogP contribution in [0, 0.1) is 0 Å². The molecule has 1 aromatic heterocycles. The van der Waals surface area contributed by atoms with Gasteiger partial charge in [0.05, 0.1) is 6.10 Å². The number of hydrogen-bond donors (Lipinski definition) is 2. The van der Waals surface area contributed by atoms with Crippen LogP contribution in [0.3, 0.4) is 0 Å². The van der Waals surface area contributed by atoms with Crippen molar-refractivity contribution in [1.82, 2.24) is 9.88 Å². The van der Waals surface area contributed by atoms with Crippen molar-refractivity contribution in [3.05, 3.63) is 18.0 Å². The van der Waals surface area contributed by atoms with Crippen LogP contribution in [0.2, 0.25) is 0 Å². The third-order valence-electron chi connectivity index (χ3n) is 3.70. The van der Waals surface area contributed by atoms with Crippen molar-refractivity contribution in [3.63, 3.8) is 0 Å². The van der Waals surface area contributed by atoms with Crippen LogP contribution in [0.4, 0.5) is 0 Å². The largest absolute Gasteiger partial charge is 0.381 e. The molecule has 1 aromatic rings. The number of nitrogens with one attached hydrogen (secondary N) is 1. The van der Waals surface area contributed by atoms with Crippen LogP contribution >= 0.6 is 0 Å². The predicted octanol–water partition coefficient (Wildman–Crippen LogP) is 0.624. The number of ether oxygens (including phenoxy) is 1. The Hall–Kier alpha value is -1.38. The highest BCUT2D eigenvalue weighted by Crippen LogP contribution is 2.24. The Morgan fingerprint density at radius 1 is 1.48 bits per heavy atom. The maximum absolute atomic E-state index is 12.3. The monoisotopic (exact) mass is 315 g/mol. The standard InChI is InChI=1S/C13H21N3O4S/c1-8(2)16-7-11(21(14,18)19)6-12(16)13(17)15-9-4-10(5-9)20-3/h6-10H,4-5H2,1-3H3,(H,15,17)(H2,14,18,19). The van der Waals surface area contributed by atoms with E-state index < -0.39 is 10.0 Å². The predicted molar refractivity (Wildman–Crippen MR) is 77.5 cm³/mol. The normalized spacial score (nSPS) is 22.1. The molecule has 1 saturated carbocycles. The molecule has 1 amide bonds. The fourth-order valence-corrected chi connectivity index (χ4v) is 2.89. The number of methoxy groups -OCH3 is 1. The second-order valence-corrected chi connectivity index (χ2v) is 7.17. The first-order chi connectivity index (χ1) is 9.72. The Balaban J connectivity index is 2.18. The van der Waals surface area contributed by atoms with E-state index >= 15 is 0 Å². The topological polar surface area (TPSA) is 103 Å². The van der Waals surface area contributed by atoms with Crippen molar-refractivity contribution >= 4 is 15.9 Å². The van der Waals surface area contributed by atoms with Crippen LogP contribution in [0.25, 0.3) is 0 Å². The zero-order valence-corrected chi connectivity index (χ0v) is 13.2. The van der Waals surface area contributed by atoms with E-state index in [0.29, 0.717) is 5.69 Å². The van der Waals surface area contributed by atoms with Crippen LogP contribution in [0.1, 0.15) is 43.2 Å². The molecule has 0 saturated heterocycles. The summed E-state index contributed by atoms with van der Waals surface area (Å²) in [6.07, 6.45) is 3.12. The molecule has 3 N–H and O–H groups in total. The molecule has 2 rings (SSSR count). The molecule has 0 aliphatic heterocycles. The summed E-state index contributed by atoms with van der Waals surface area (Å²) in [4.78, 5) is 12.2. The number of sulfonamides is 1. The Bertz CT molecular complexity index is 630. The summed E-state index contributed by atoms with van der Waals surface area (Å²) >= 11 is 0. The fraction of sp³-hybridized carbons (Fsp3) is 0.615. The van der Waals surface area contributed by atoms with Crippen LogP contribution in [-0.2, 0) is 14.8 Å². The molecule has 1 aliphatic rings. The van der Waals surface area contributed by atoms with Gasteiger partial charge in [-0.3, -0.25) is 4.79 Å². The van der Waals surface area contributed by atoms with Crippen molar-refractivity contribution in [2.24, 2.45) is 5.14 Å². The van der Waals surface area contributed by atoms with Crippen molar-refractivity contribution < 1.29 is 17.9 Å². The molecule has 0 spiro atoms. The minimum Gasteiger partial charge on any atom is -0.381 e. The van der Waals surface area contributed by atoms with E-state index in [1.807, 2.05) is 13.8 Å². The lowest BCUT2D eigenvalue weighted by atomic mass is 9.89. The van der Waals surface area contributed by atoms with Crippen molar-refractivity contribution in [1.29, 1.82) is 0 Å². The second kappa shape index (κ2) is 5.78. The number of amides is 1. The lowest BCUT2D eigenvalue weighted by Crippen LogP contribution is -2.47. The van der Waals surface area contributed by atoms with Gasteiger partial charge in [0, 0.05) is 25.4 Å². The number of rotatable bonds is 5. The summed E-state index contributed by atoms with van der Waals surface area (Å²) in [5.74, 6) is -0.293. The lowest BCUT2D eigenvalue weighted by molar-refractivity contribution is 0.0174. The number of primary sulfonamides is 1. The minimum absolute atomic E-state index is 0.0469. The molecule has 0 bridgehead atoms. The molecule has 21 heavy (non-hydrogen) atoms. The summed E-state index contributed by atoms with van der Waals surface area (Å²) in [7, 11) is -2.18. The first-order valence-corrected chi connectivity index (χ1v) is 8.35. The van der Waals surface area contributed by atoms with Gasteiger partial charge in [-0.2, -0.15) is 0 Å². The highest BCUT2D eigenvalue weighted by molar-refractivity contribution is 7.89. The van der Waals surface area contributed by atoms with Crippen molar-refractivity contribution in [3.8, 4) is 0 Å². The Labute approximate surface area is 124 Å². The number of nitrogens with zero attached hydrogens (tertiary/aromatic N) is 1. The third-order valence-corrected chi connectivity index (χ3v) is 4.58. The maximum atomic E-state index is 12.3. The van der Waals surface area contributed by atoms with Crippen LogP contribution in [-0.4, -0.2) is 38.1 Å². The first kappa shape index (κ1) is 16.0. The van der Waals surface area contributed by atoms with E-state index in [4.69, 9.17) is 9.88 Å². The zero-order chi connectivity index (χ0) is 15.8. The Morgan fingerprint density at radius 2 is 2.10 bits per heavy atom. The van der Waals surface area contributed by atoms with Gasteiger partial charge in [-0.1, -0.05) is 0 Å². The van der Waals surface area contributed by atoms with Crippen LogP contribution < -0.4 is 10.5 Å². The smallest absolute Gasteiger partial charge is 0.268 e. The van der Waals surface area contributed by atoms with Crippen molar-refractivity contribution in [2.45, 2.75) is 49.8 Å². The zero-order valence-electron chi connectivity index (χ0n) is 12.4. The average Bonchev–Trinajstić information content (AvgIpc) is 2.77. The molecule has 1 heterocycles. The van der Waals surface area contributed by atoms with E-state index in [1.54, 1.807) is 11.7 Å². The van der Waals surface area contributed by atoms with E-state index in [0.717, 1.165) is 12.8 Å². The molecule has 8 heteroatoms. The van der Waals surface area contributed by atoms with Gasteiger partial charge in [0.2, 0.25) is 10.0 Å². The highest BCUT2D eigenvalue weighted by Gasteiger charge is 2.31. The van der Waals surface area contributed by atoms with E-state index in [2.05, 4.69) is 5.32 Å². The van der Waals surface area contributed by atoms with Gasteiger partial charge < -0.3 is 14.6 Å². The summed E-state index contributed by atoms with van der Waals surface area (Å²) in [6.45, 7) is 3.74. The number of carbonyl (C=O) groups is 1. The maximum Gasteiger partial charge on any atom is 0.268 e. The molecular formula is C13H21N3O4S. The summed E-state index contributed by atoms with van der Waals surface area (Å²) in [6, 6.07) is 1.34. The average molecular weight is 315 g/mol. The molecule has 0 aromatic carbocycles. The van der Waals surface area contributed by atoms with Gasteiger partial charge in [-0.05, 0) is 32.8 Å². The molecule has 118 valence electrons. The Kier molecular flexibility index (Phi) is 4.40. The van der Waals surface area contributed by atoms with Gasteiger partial charge in [0.25, 0.3) is 5.91 Å².